The topological polar surface area (TPSA) is 25.0 Å². The number of benzene rings is 2. The third kappa shape index (κ3) is 3.17. The summed E-state index contributed by atoms with van der Waals surface area (Å²) in [4.78, 5) is 3.48. The third-order valence-electron chi connectivity index (χ3n) is 3.97. The molecule has 0 radical (unpaired) electrons. The highest BCUT2D eigenvalue weighted by Gasteiger charge is 2.23. The highest BCUT2D eigenvalue weighted by molar-refractivity contribution is 7.69. The number of hydrogen-bond acceptors (Lipinski definition) is 1. The lowest BCUT2D eigenvalue weighted by Crippen LogP contribution is -2.18. The summed E-state index contributed by atoms with van der Waals surface area (Å²) in [7, 11) is -0.863. The van der Waals surface area contributed by atoms with Crippen LogP contribution in [-0.4, -0.2) is 11.6 Å². The average Bonchev–Trinajstić information content (AvgIpc) is 2.88. The molecule has 120 valence electrons. The minimum absolute atomic E-state index is 0.691. The van der Waals surface area contributed by atoms with Gasteiger partial charge in [0.1, 0.15) is 0 Å². The standard InChI is InChI=1S/C19H21ClNOP/c1-4-14-8-6-7-9-18(14)23(22-5-2)19-13(3)21-17-11-10-15(20)12-16(17)19/h6-12,21H,4-5H2,1-3H3. The Labute approximate surface area is 143 Å². The van der Waals surface area contributed by atoms with Crippen molar-refractivity contribution < 1.29 is 4.52 Å². The summed E-state index contributed by atoms with van der Waals surface area (Å²) in [6.07, 6.45) is 1.00. The lowest BCUT2D eigenvalue weighted by Gasteiger charge is -2.20. The maximum absolute atomic E-state index is 6.25. The molecule has 0 aliphatic carbocycles. The molecule has 1 N–H and O–H groups in total. The molecule has 0 saturated heterocycles. The van der Waals surface area contributed by atoms with Crippen LogP contribution in [0.1, 0.15) is 25.1 Å². The van der Waals surface area contributed by atoms with Crippen LogP contribution in [0.15, 0.2) is 42.5 Å². The van der Waals surface area contributed by atoms with E-state index in [9.17, 15) is 0 Å². The van der Waals surface area contributed by atoms with Gasteiger partial charge in [-0.05, 0) is 44.0 Å². The van der Waals surface area contributed by atoms with Crippen molar-refractivity contribution in [3.8, 4) is 0 Å². The van der Waals surface area contributed by atoms with Gasteiger partial charge in [0.05, 0.1) is 8.15 Å². The second-order valence-corrected chi connectivity index (χ2v) is 7.70. The number of aryl methyl sites for hydroxylation is 2. The Kier molecular flexibility index (Phi) is 5.06. The Hall–Kier alpha value is -1.34. The fourth-order valence-corrected chi connectivity index (χ4v) is 5.36. The second-order valence-electron chi connectivity index (χ2n) is 5.48. The Morgan fingerprint density at radius 1 is 1.13 bits per heavy atom. The van der Waals surface area contributed by atoms with Crippen LogP contribution < -0.4 is 10.6 Å². The molecular formula is C19H21ClNOP. The molecule has 1 unspecified atom stereocenters. The van der Waals surface area contributed by atoms with Crippen molar-refractivity contribution in [3.05, 3.63) is 58.7 Å². The molecule has 0 amide bonds. The lowest BCUT2D eigenvalue weighted by atomic mass is 10.2. The molecule has 3 aromatic rings. The van der Waals surface area contributed by atoms with Crippen LogP contribution in [0.5, 0.6) is 0 Å². The van der Waals surface area contributed by atoms with E-state index in [1.54, 1.807) is 0 Å². The number of nitrogens with one attached hydrogen (secondary N) is 1. The highest BCUT2D eigenvalue weighted by atomic mass is 35.5. The van der Waals surface area contributed by atoms with Crippen LogP contribution in [0.3, 0.4) is 0 Å². The largest absolute Gasteiger partial charge is 0.358 e. The van der Waals surface area contributed by atoms with Crippen molar-refractivity contribution in [2.45, 2.75) is 27.2 Å². The molecule has 0 bridgehead atoms. The van der Waals surface area contributed by atoms with Crippen molar-refractivity contribution in [3.63, 3.8) is 0 Å². The zero-order chi connectivity index (χ0) is 16.4. The first-order chi connectivity index (χ1) is 11.2. The van der Waals surface area contributed by atoms with Gasteiger partial charge in [-0.3, -0.25) is 0 Å². The van der Waals surface area contributed by atoms with Gasteiger partial charge in [-0.2, -0.15) is 0 Å². The minimum atomic E-state index is -0.863. The number of fused-ring (bicyclic) bond motifs is 1. The first-order valence-electron chi connectivity index (χ1n) is 7.94. The molecule has 1 aromatic heterocycles. The van der Waals surface area contributed by atoms with E-state index in [1.165, 1.54) is 21.6 Å². The molecule has 1 heterocycles. The van der Waals surface area contributed by atoms with Gasteiger partial charge < -0.3 is 9.51 Å². The first-order valence-corrected chi connectivity index (χ1v) is 9.58. The van der Waals surface area contributed by atoms with Gasteiger partial charge in [-0.1, -0.05) is 42.8 Å². The summed E-state index contributed by atoms with van der Waals surface area (Å²) in [6.45, 7) is 7.06. The van der Waals surface area contributed by atoms with E-state index in [0.717, 1.165) is 22.7 Å². The van der Waals surface area contributed by atoms with E-state index in [2.05, 4.69) is 50.0 Å². The van der Waals surface area contributed by atoms with Crippen molar-refractivity contribution in [2.75, 3.05) is 6.61 Å². The van der Waals surface area contributed by atoms with Crippen LogP contribution in [-0.2, 0) is 10.9 Å². The van der Waals surface area contributed by atoms with E-state index in [1.807, 2.05) is 18.2 Å². The van der Waals surface area contributed by atoms with Crippen LogP contribution in [0.4, 0.5) is 0 Å². The van der Waals surface area contributed by atoms with E-state index in [0.29, 0.717) is 6.61 Å². The molecule has 4 heteroatoms. The van der Waals surface area contributed by atoms with Gasteiger partial charge in [0, 0.05) is 38.8 Å². The molecular weight excluding hydrogens is 325 g/mol. The molecule has 0 fully saturated rings. The second kappa shape index (κ2) is 7.05. The Bertz CT molecular complexity index is 827. The summed E-state index contributed by atoms with van der Waals surface area (Å²) in [6, 6.07) is 14.6. The monoisotopic (exact) mass is 345 g/mol. The van der Waals surface area contributed by atoms with Crippen molar-refractivity contribution in [1.82, 2.24) is 4.98 Å². The number of aromatic amines is 1. The van der Waals surface area contributed by atoms with Gasteiger partial charge in [0.25, 0.3) is 0 Å². The number of hydrogen-bond donors (Lipinski definition) is 1. The van der Waals surface area contributed by atoms with Crippen LogP contribution in [0.2, 0.25) is 5.02 Å². The van der Waals surface area contributed by atoms with E-state index in [4.69, 9.17) is 16.1 Å². The molecule has 3 rings (SSSR count). The summed E-state index contributed by atoms with van der Waals surface area (Å²) < 4.78 is 6.25. The molecule has 0 spiro atoms. The molecule has 23 heavy (non-hydrogen) atoms. The summed E-state index contributed by atoms with van der Waals surface area (Å²) in [5.74, 6) is 0. The van der Waals surface area contributed by atoms with E-state index in [-0.39, 0.29) is 0 Å². The molecule has 1 atom stereocenters. The summed E-state index contributed by atoms with van der Waals surface area (Å²) in [5, 5.41) is 4.48. The van der Waals surface area contributed by atoms with Crippen molar-refractivity contribution in [2.24, 2.45) is 0 Å². The summed E-state index contributed by atoms with van der Waals surface area (Å²) >= 11 is 6.24. The lowest BCUT2D eigenvalue weighted by molar-refractivity contribution is 0.388. The SMILES string of the molecule is CCOP(c1ccccc1CC)c1c(C)[nH]c2ccc(Cl)cc12. The van der Waals surface area contributed by atoms with Crippen LogP contribution in [0.25, 0.3) is 10.9 Å². The van der Waals surface area contributed by atoms with Crippen molar-refractivity contribution >= 4 is 41.3 Å². The number of aromatic nitrogens is 1. The van der Waals surface area contributed by atoms with Gasteiger partial charge in [-0.15, -0.1) is 0 Å². The zero-order valence-corrected chi connectivity index (χ0v) is 15.3. The van der Waals surface area contributed by atoms with Gasteiger partial charge >= 0.3 is 0 Å². The number of rotatable bonds is 5. The highest BCUT2D eigenvalue weighted by Crippen LogP contribution is 2.40. The Morgan fingerprint density at radius 2 is 1.91 bits per heavy atom. The Balaban J connectivity index is 2.23. The van der Waals surface area contributed by atoms with Crippen LogP contribution in [0, 0.1) is 6.92 Å². The van der Waals surface area contributed by atoms with E-state index < -0.39 is 8.15 Å². The average molecular weight is 346 g/mol. The van der Waals surface area contributed by atoms with E-state index >= 15 is 0 Å². The minimum Gasteiger partial charge on any atom is -0.358 e. The normalized spacial score (nSPS) is 12.7. The smallest absolute Gasteiger partial charge is 0.0944 e. The van der Waals surface area contributed by atoms with Gasteiger partial charge in [-0.25, -0.2) is 0 Å². The maximum Gasteiger partial charge on any atom is 0.0944 e. The van der Waals surface area contributed by atoms with Gasteiger partial charge in [0.2, 0.25) is 0 Å². The van der Waals surface area contributed by atoms with Gasteiger partial charge in [0.15, 0.2) is 0 Å². The molecule has 0 saturated carbocycles. The fourth-order valence-electron chi connectivity index (χ4n) is 2.94. The number of H-pyrrole nitrogens is 1. The fraction of sp³-hybridized carbons (Fsp3) is 0.263. The molecule has 0 aliphatic heterocycles. The summed E-state index contributed by atoms with van der Waals surface area (Å²) in [5.41, 5.74) is 3.62. The predicted octanol–water partition coefficient (Wildman–Crippen LogP) is 5.08. The molecule has 0 aliphatic rings. The quantitative estimate of drug-likeness (QED) is 0.641. The predicted molar refractivity (Wildman–Crippen MR) is 102 cm³/mol. The first kappa shape index (κ1) is 16.5. The zero-order valence-electron chi connectivity index (χ0n) is 13.7. The molecule has 2 nitrogen and oxygen atoms in total. The third-order valence-corrected chi connectivity index (χ3v) is 6.57. The maximum atomic E-state index is 6.25. The van der Waals surface area contributed by atoms with Crippen LogP contribution >= 0.6 is 19.7 Å². The Morgan fingerprint density at radius 3 is 2.65 bits per heavy atom. The molecule has 2 aromatic carbocycles. The number of halogens is 1. The van der Waals surface area contributed by atoms with Crippen molar-refractivity contribution in [1.29, 1.82) is 0 Å².